The molecule has 0 aliphatic heterocycles. The number of ether oxygens (including phenoxy) is 2. The third kappa shape index (κ3) is 7.58. The molecule has 0 unspecified atom stereocenters. The Morgan fingerprint density at radius 2 is 1.66 bits per heavy atom. The van der Waals surface area contributed by atoms with Gasteiger partial charge in [-0.05, 0) is 62.4 Å². The Balaban J connectivity index is 2.03. The highest BCUT2D eigenvalue weighted by molar-refractivity contribution is 7.12. The standard InChI is InChI=1S/C29H35N3O5S/c1-19-9-11-20(12-10-19)18-32(25(33)17-30-27(34)24-8-7-15-38-24)26(28(35)31-29(2,3)4)21-13-14-22(36-5)23(16-21)37-6/h7-16,26H,17-18H2,1-6H3,(H,30,34)(H,31,35)/t26-/m0/s1. The van der Waals surface area contributed by atoms with Gasteiger partial charge in [0.1, 0.15) is 6.04 Å². The highest BCUT2D eigenvalue weighted by Crippen LogP contribution is 2.33. The maximum Gasteiger partial charge on any atom is 0.261 e. The second-order valence-corrected chi connectivity index (χ2v) is 10.9. The molecule has 2 aromatic carbocycles. The van der Waals surface area contributed by atoms with Crippen molar-refractivity contribution in [2.45, 2.75) is 45.8 Å². The average molecular weight is 538 g/mol. The SMILES string of the molecule is COc1ccc([C@@H](C(=O)NC(C)(C)C)N(Cc2ccc(C)cc2)C(=O)CNC(=O)c2cccs2)cc1OC. The summed E-state index contributed by atoms with van der Waals surface area (Å²) >= 11 is 1.29. The molecule has 8 nitrogen and oxygen atoms in total. The molecule has 3 rings (SSSR count). The van der Waals surface area contributed by atoms with Gasteiger partial charge in [0.05, 0.1) is 25.6 Å². The summed E-state index contributed by atoms with van der Waals surface area (Å²) < 4.78 is 10.9. The number of carbonyl (C=O) groups excluding carboxylic acids is 3. The number of hydrogen-bond donors (Lipinski definition) is 2. The van der Waals surface area contributed by atoms with Crippen molar-refractivity contribution in [3.05, 3.63) is 81.5 Å². The summed E-state index contributed by atoms with van der Waals surface area (Å²) in [5.74, 6) is -0.155. The lowest BCUT2D eigenvalue weighted by Crippen LogP contribution is -2.50. The van der Waals surface area contributed by atoms with E-state index in [0.29, 0.717) is 21.9 Å². The Bertz CT molecular complexity index is 1250. The Morgan fingerprint density at radius 1 is 0.974 bits per heavy atom. The molecule has 1 aromatic heterocycles. The molecule has 1 atom stereocenters. The van der Waals surface area contributed by atoms with Crippen molar-refractivity contribution in [1.29, 1.82) is 0 Å². The molecule has 3 aromatic rings. The number of thiophene rings is 1. The first-order valence-corrected chi connectivity index (χ1v) is 13.1. The summed E-state index contributed by atoms with van der Waals surface area (Å²) in [6.07, 6.45) is 0. The van der Waals surface area contributed by atoms with E-state index >= 15 is 0 Å². The average Bonchev–Trinajstić information content (AvgIpc) is 3.42. The van der Waals surface area contributed by atoms with Crippen LogP contribution in [0.25, 0.3) is 0 Å². The minimum absolute atomic E-state index is 0.157. The fourth-order valence-corrected chi connectivity index (χ4v) is 4.54. The Kier molecular flexibility index (Phi) is 9.52. The molecule has 0 aliphatic rings. The number of nitrogens with zero attached hydrogens (tertiary/aromatic N) is 1. The summed E-state index contributed by atoms with van der Waals surface area (Å²) in [6.45, 7) is 7.51. The lowest BCUT2D eigenvalue weighted by atomic mass is 10.00. The highest BCUT2D eigenvalue weighted by Gasteiger charge is 2.34. The van der Waals surface area contributed by atoms with Crippen molar-refractivity contribution in [3.8, 4) is 11.5 Å². The summed E-state index contributed by atoms with van der Waals surface area (Å²) in [7, 11) is 3.05. The van der Waals surface area contributed by atoms with E-state index in [0.717, 1.165) is 11.1 Å². The Morgan fingerprint density at radius 3 is 2.24 bits per heavy atom. The third-order valence-electron chi connectivity index (χ3n) is 5.72. The number of hydrogen-bond acceptors (Lipinski definition) is 6. The highest BCUT2D eigenvalue weighted by atomic mass is 32.1. The second-order valence-electron chi connectivity index (χ2n) is 9.92. The first-order chi connectivity index (χ1) is 18.0. The third-order valence-corrected chi connectivity index (χ3v) is 6.59. The second kappa shape index (κ2) is 12.6. The lowest BCUT2D eigenvalue weighted by Gasteiger charge is -2.34. The summed E-state index contributed by atoms with van der Waals surface area (Å²) in [4.78, 5) is 42.1. The van der Waals surface area contributed by atoms with Crippen molar-refractivity contribution in [1.82, 2.24) is 15.5 Å². The molecule has 9 heteroatoms. The van der Waals surface area contributed by atoms with E-state index in [4.69, 9.17) is 9.47 Å². The fraction of sp³-hybridized carbons (Fsp3) is 0.345. The zero-order chi connectivity index (χ0) is 27.9. The fourth-order valence-electron chi connectivity index (χ4n) is 3.90. The van der Waals surface area contributed by atoms with Crippen LogP contribution >= 0.6 is 11.3 Å². The molecule has 0 aliphatic carbocycles. The molecule has 3 amide bonds. The molecule has 0 radical (unpaired) electrons. The quantitative estimate of drug-likeness (QED) is 0.397. The first-order valence-electron chi connectivity index (χ1n) is 12.2. The minimum Gasteiger partial charge on any atom is -0.493 e. The molecule has 0 fully saturated rings. The Hall–Kier alpha value is -3.85. The van der Waals surface area contributed by atoms with Crippen molar-refractivity contribution in [3.63, 3.8) is 0 Å². The molecular formula is C29H35N3O5S. The topological polar surface area (TPSA) is 97.0 Å². The van der Waals surface area contributed by atoms with Crippen LogP contribution in [0.5, 0.6) is 11.5 Å². The van der Waals surface area contributed by atoms with Crippen molar-refractivity contribution in [2.24, 2.45) is 0 Å². The van der Waals surface area contributed by atoms with E-state index in [1.807, 2.05) is 52.0 Å². The number of benzene rings is 2. The molecule has 0 spiro atoms. The van der Waals surface area contributed by atoms with Gasteiger partial charge in [-0.3, -0.25) is 14.4 Å². The van der Waals surface area contributed by atoms with E-state index < -0.39 is 17.5 Å². The maximum absolute atomic E-state index is 13.8. The monoisotopic (exact) mass is 537 g/mol. The molecule has 0 saturated heterocycles. The van der Waals surface area contributed by atoms with Crippen LogP contribution in [0.4, 0.5) is 0 Å². The van der Waals surface area contributed by atoms with Gasteiger partial charge >= 0.3 is 0 Å². The van der Waals surface area contributed by atoms with Crippen LogP contribution < -0.4 is 20.1 Å². The van der Waals surface area contributed by atoms with Gasteiger partial charge in [-0.25, -0.2) is 0 Å². The van der Waals surface area contributed by atoms with Crippen LogP contribution in [-0.4, -0.2) is 48.9 Å². The zero-order valence-electron chi connectivity index (χ0n) is 22.7. The van der Waals surface area contributed by atoms with Crippen LogP contribution in [0.3, 0.4) is 0 Å². The number of methoxy groups -OCH3 is 2. The number of amides is 3. The normalized spacial score (nSPS) is 11.8. The van der Waals surface area contributed by atoms with Gasteiger partial charge in [0.25, 0.3) is 5.91 Å². The minimum atomic E-state index is -0.999. The van der Waals surface area contributed by atoms with Crippen LogP contribution in [0.15, 0.2) is 60.0 Å². The smallest absolute Gasteiger partial charge is 0.261 e. The van der Waals surface area contributed by atoms with Gasteiger partial charge in [-0.2, -0.15) is 0 Å². The molecular weight excluding hydrogens is 502 g/mol. The van der Waals surface area contributed by atoms with Gasteiger partial charge in [-0.1, -0.05) is 42.0 Å². The predicted molar refractivity (Wildman–Crippen MR) is 149 cm³/mol. The molecule has 38 heavy (non-hydrogen) atoms. The number of aryl methyl sites for hydroxylation is 1. The van der Waals surface area contributed by atoms with Gasteiger partial charge in [0.15, 0.2) is 11.5 Å². The summed E-state index contributed by atoms with van der Waals surface area (Å²) in [6, 6.07) is 15.4. The van der Waals surface area contributed by atoms with Gasteiger partial charge < -0.3 is 25.0 Å². The number of carbonyl (C=O) groups is 3. The predicted octanol–water partition coefficient (Wildman–Crippen LogP) is 4.49. The van der Waals surface area contributed by atoms with Crippen LogP contribution in [0.1, 0.15) is 53.2 Å². The summed E-state index contributed by atoms with van der Waals surface area (Å²) in [5.41, 5.74) is 1.94. The molecule has 2 N–H and O–H groups in total. The van der Waals surface area contributed by atoms with E-state index in [-0.39, 0.29) is 24.9 Å². The zero-order valence-corrected chi connectivity index (χ0v) is 23.5. The molecule has 1 heterocycles. The van der Waals surface area contributed by atoms with Crippen LogP contribution in [0, 0.1) is 6.92 Å². The van der Waals surface area contributed by atoms with Crippen molar-refractivity contribution < 1.29 is 23.9 Å². The molecule has 0 bridgehead atoms. The van der Waals surface area contributed by atoms with Gasteiger partial charge in [0.2, 0.25) is 11.8 Å². The molecule has 202 valence electrons. The van der Waals surface area contributed by atoms with E-state index in [1.165, 1.54) is 30.5 Å². The van der Waals surface area contributed by atoms with E-state index in [9.17, 15) is 14.4 Å². The lowest BCUT2D eigenvalue weighted by molar-refractivity contribution is -0.141. The van der Waals surface area contributed by atoms with Crippen molar-refractivity contribution >= 4 is 29.1 Å². The first kappa shape index (κ1) is 28.7. The number of rotatable bonds is 10. The molecule has 0 saturated carbocycles. The van der Waals surface area contributed by atoms with E-state index in [2.05, 4.69) is 10.6 Å². The van der Waals surface area contributed by atoms with Crippen molar-refractivity contribution in [2.75, 3.05) is 20.8 Å². The van der Waals surface area contributed by atoms with Crippen LogP contribution in [-0.2, 0) is 16.1 Å². The van der Waals surface area contributed by atoms with Gasteiger partial charge in [-0.15, -0.1) is 11.3 Å². The largest absolute Gasteiger partial charge is 0.493 e. The maximum atomic E-state index is 13.8. The van der Waals surface area contributed by atoms with E-state index in [1.54, 1.807) is 35.7 Å². The Labute approximate surface area is 228 Å². The van der Waals surface area contributed by atoms with Gasteiger partial charge in [0, 0.05) is 12.1 Å². The van der Waals surface area contributed by atoms with Crippen LogP contribution in [0.2, 0.25) is 0 Å². The number of nitrogens with one attached hydrogen (secondary N) is 2. The summed E-state index contributed by atoms with van der Waals surface area (Å²) in [5, 5.41) is 7.51.